The van der Waals surface area contributed by atoms with Gasteiger partial charge in [0.05, 0.1) is 11.7 Å². The Morgan fingerprint density at radius 1 is 0.944 bits per heavy atom. The largest absolute Gasteiger partial charge is 0.377 e. The van der Waals surface area contributed by atoms with Crippen molar-refractivity contribution < 1.29 is 5.11 Å². The molecule has 3 rings (SSSR count). The van der Waals surface area contributed by atoms with Gasteiger partial charge < -0.3 is 5.11 Å². The van der Waals surface area contributed by atoms with E-state index in [1.54, 1.807) is 6.20 Å². The maximum atomic E-state index is 10.1. The van der Waals surface area contributed by atoms with Gasteiger partial charge in [-0.15, -0.1) is 0 Å². The summed E-state index contributed by atoms with van der Waals surface area (Å²) in [5.41, 5.74) is 8.01. The Labute approximate surface area is 106 Å². The molecule has 0 amide bonds. The van der Waals surface area contributed by atoms with E-state index in [0.29, 0.717) is 0 Å². The highest BCUT2D eigenvalue weighted by molar-refractivity contribution is 5.27. The van der Waals surface area contributed by atoms with Crippen molar-refractivity contribution in [3.63, 3.8) is 0 Å². The number of hydrazine groups is 1. The topological polar surface area (TPSA) is 57.2 Å². The van der Waals surface area contributed by atoms with E-state index in [4.69, 9.17) is 0 Å². The molecule has 1 saturated heterocycles. The molecule has 92 valence electrons. The second-order valence-electron chi connectivity index (χ2n) is 4.40. The molecule has 1 fully saturated rings. The van der Waals surface area contributed by atoms with E-state index >= 15 is 0 Å². The van der Waals surface area contributed by atoms with Gasteiger partial charge in [0.15, 0.2) is 0 Å². The van der Waals surface area contributed by atoms with E-state index < -0.39 is 6.23 Å². The zero-order chi connectivity index (χ0) is 12.4. The molecular weight excluding hydrogens is 226 g/mol. The van der Waals surface area contributed by atoms with Crippen LogP contribution in [-0.4, -0.2) is 16.3 Å². The lowest BCUT2D eigenvalue weighted by Crippen LogP contribution is -2.31. The zero-order valence-electron chi connectivity index (χ0n) is 9.82. The predicted octanol–water partition coefficient (Wildman–Crippen LogP) is 1.33. The predicted molar refractivity (Wildman–Crippen MR) is 68.4 cm³/mol. The highest BCUT2D eigenvalue weighted by Gasteiger charge is 2.37. The molecule has 3 atom stereocenters. The SMILES string of the molecule is OC1NNC(c2ccccn2)C1c1ccccc1. The molecule has 3 unspecified atom stereocenters. The van der Waals surface area contributed by atoms with E-state index in [2.05, 4.69) is 15.8 Å². The first-order chi connectivity index (χ1) is 8.86. The van der Waals surface area contributed by atoms with Crippen LogP contribution in [0.1, 0.15) is 23.2 Å². The average molecular weight is 241 g/mol. The summed E-state index contributed by atoms with van der Waals surface area (Å²) in [7, 11) is 0. The van der Waals surface area contributed by atoms with Crippen molar-refractivity contribution >= 4 is 0 Å². The standard InChI is InChI=1S/C14H15N3O/c18-14-12(10-6-2-1-3-7-10)13(16-17-14)11-8-4-5-9-15-11/h1-9,12-14,16-18H. The van der Waals surface area contributed by atoms with Gasteiger partial charge in [-0.2, -0.15) is 0 Å². The Morgan fingerprint density at radius 2 is 1.72 bits per heavy atom. The lowest BCUT2D eigenvalue weighted by atomic mass is 9.90. The van der Waals surface area contributed by atoms with Crippen LogP contribution in [0, 0.1) is 0 Å². The average Bonchev–Trinajstić information content (AvgIpc) is 2.83. The molecule has 1 aliphatic heterocycles. The van der Waals surface area contributed by atoms with Gasteiger partial charge in [0, 0.05) is 12.1 Å². The number of rotatable bonds is 2. The van der Waals surface area contributed by atoms with Gasteiger partial charge in [-0.1, -0.05) is 36.4 Å². The van der Waals surface area contributed by atoms with E-state index in [9.17, 15) is 5.11 Å². The van der Waals surface area contributed by atoms with Crippen LogP contribution in [0.2, 0.25) is 0 Å². The number of nitrogens with zero attached hydrogens (tertiary/aromatic N) is 1. The smallest absolute Gasteiger partial charge is 0.126 e. The van der Waals surface area contributed by atoms with Gasteiger partial charge >= 0.3 is 0 Å². The van der Waals surface area contributed by atoms with Crippen LogP contribution in [-0.2, 0) is 0 Å². The van der Waals surface area contributed by atoms with Crippen molar-refractivity contribution in [3.8, 4) is 0 Å². The molecule has 0 saturated carbocycles. The lowest BCUT2D eigenvalue weighted by Gasteiger charge is -2.20. The van der Waals surface area contributed by atoms with Crippen LogP contribution in [0.3, 0.4) is 0 Å². The summed E-state index contributed by atoms with van der Waals surface area (Å²) in [6.45, 7) is 0. The van der Waals surface area contributed by atoms with Crippen molar-refractivity contribution in [1.29, 1.82) is 0 Å². The highest BCUT2D eigenvalue weighted by Crippen LogP contribution is 2.34. The van der Waals surface area contributed by atoms with Crippen molar-refractivity contribution in [2.45, 2.75) is 18.2 Å². The zero-order valence-corrected chi connectivity index (χ0v) is 9.82. The normalized spacial score (nSPS) is 27.3. The number of aromatic nitrogens is 1. The molecule has 4 heteroatoms. The van der Waals surface area contributed by atoms with Crippen LogP contribution in [0.15, 0.2) is 54.7 Å². The summed E-state index contributed by atoms with van der Waals surface area (Å²) in [5.74, 6) is -0.0406. The molecule has 0 radical (unpaired) electrons. The molecule has 4 nitrogen and oxygen atoms in total. The third kappa shape index (κ3) is 2.01. The second kappa shape index (κ2) is 4.86. The molecular formula is C14H15N3O. The third-order valence-corrected chi connectivity index (χ3v) is 3.28. The van der Waals surface area contributed by atoms with Gasteiger partial charge in [0.1, 0.15) is 6.23 Å². The Kier molecular flexibility index (Phi) is 3.06. The minimum Gasteiger partial charge on any atom is -0.377 e. The summed E-state index contributed by atoms with van der Waals surface area (Å²) >= 11 is 0. The quantitative estimate of drug-likeness (QED) is 0.742. The maximum Gasteiger partial charge on any atom is 0.126 e. The Bertz CT molecular complexity index is 503. The Morgan fingerprint density at radius 3 is 2.44 bits per heavy atom. The number of nitrogens with one attached hydrogen (secondary N) is 2. The number of hydrogen-bond acceptors (Lipinski definition) is 4. The fraction of sp³-hybridized carbons (Fsp3) is 0.214. The van der Waals surface area contributed by atoms with Crippen LogP contribution < -0.4 is 10.9 Å². The Hall–Kier alpha value is -1.75. The molecule has 1 aliphatic rings. The third-order valence-electron chi connectivity index (χ3n) is 3.28. The van der Waals surface area contributed by atoms with Crippen molar-refractivity contribution in [3.05, 3.63) is 66.0 Å². The molecule has 0 spiro atoms. The van der Waals surface area contributed by atoms with E-state index in [1.165, 1.54) is 0 Å². The first kappa shape index (κ1) is 11.3. The second-order valence-corrected chi connectivity index (χ2v) is 4.40. The minimum absolute atomic E-state index is 0.0244. The highest BCUT2D eigenvalue weighted by atomic mass is 16.3. The maximum absolute atomic E-state index is 10.1. The molecule has 0 aliphatic carbocycles. The minimum atomic E-state index is -0.612. The number of pyridine rings is 1. The van der Waals surface area contributed by atoms with Crippen LogP contribution in [0.5, 0.6) is 0 Å². The van der Waals surface area contributed by atoms with E-state index in [-0.39, 0.29) is 12.0 Å². The monoisotopic (exact) mass is 241 g/mol. The Balaban J connectivity index is 1.96. The van der Waals surface area contributed by atoms with Gasteiger partial charge in [-0.05, 0) is 17.7 Å². The molecule has 1 aromatic heterocycles. The first-order valence-electron chi connectivity index (χ1n) is 6.01. The number of benzene rings is 1. The summed E-state index contributed by atoms with van der Waals surface area (Å²) in [5, 5.41) is 10.1. The van der Waals surface area contributed by atoms with Crippen molar-refractivity contribution in [2.75, 3.05) is 0 Å². The molecule has 2 heterocycles. The van der Waals surface area contributed by atoms with Gasteiger partial charge in [0.2, 0.25) is 0 Å². The van der Waals surface area contributed by atoms with Crippen molar-refractivity contribution in [1.82, 2.24) is 15.8 Å². The molecule has 0 bridgehead atoms. The summed E-state index contributed by atoms with van der Waals surface area (Å²) in [6.07, 6.45) is 1.16. The molecule has 18 heavy (non-hydrogen) atoms. The fourth-order valence-corrected chi connectivity index (χ4v) is 2.40. The molecule has 2 aromatic rings. The van der Waals surface area contributed by atoms with Gasteiger partial charge in [-0.3, -0.25) is 4.98 Å². The summed E-state index contributed by atoms with van der Waals surface area (Å²) in [4.78, 5) is 4.36. The van der Waals surface area contributed by atoms with E-state index in [1.807, 2.05) is 48.5 Å². The van der Waals surface area contributed by atoms with Gasteiger partial charge in [0.25, 0.3) is 0 Å². The van der Waals surface area contributed by atoms with Crippen molar-refractivity contribution in [2.24, 2.45) is 0 Å². The summed E-state index contributed by atoms with van der Waals surface area (Å²) < 4.78 is 0. The molecule has 3 N–H and O–H groups in total. The van der Waals surface area contributed by atoms with Crippen LogP contribution in [0.4, 0.5) is 0 Å². The van der Waals surface area contributed by atoms with Crippen LogP contribution in [0.25, 0.3) is 0 Å². The lowest BCUT2D eigenvalue weighted by molar-refractivity contribution is 0.135. The fourth-order valence-electron chi connectivity index (χ4n) is 2.40. The van der Waals surface area contributed by atoms with Crippen LogP contribution >= 0.6 is 0 Å². The summed E-state index contributed by atoms with van der Waals surface area (Å²) in [6, 6.07) is 15.8. The van der Waals surface area contributed by atoms with E-state index in [0.717, 1.165) is 11.3 Å². The first-order valence-corrected chi connectivity index (χ1v) is 6.01. The molecule has 1 aromatic carbocycles. The number of aliphatic hydroxyl groups excluding tert-OH is 1. The number of aliphatic hydroxyl groups is 1. The number of hydrogen-bond donors (Lipinski definition) is 3. The van der Waals surface area contributed by atoms with Gasteiger partial charge in [-0.25, -0.2) is 10.9 Å².